The molecule has 0 aliphatic heterocycles. The first-order valence-electron chi connectivity index (χ1n) is 8.44. The van der Waals surface area contributed by atoms with E-state index in [4.69, 9.17) is 27.9 Å². The van der Waals surface area contributed by atoms with E-state index in [9.17, 15) is 22.8 Å². The molecule has 0 aliphatic carbocycles. The summed E-state index contributed by atoms with van der Waals surface area (Å²) in [5, 5.41) is 2.60. The third-order valence-electron chi connectivity index (χ3n) is 3.37. The fourth-order valence-corrected chi connectivity index (χ4v) is 3.39. The summed E-state index contributed by atoms with van der Waals surface area (Å²) in [5.41, 5.74) is -3.74. The standard InChI is InChI=1S/C17H12Cl2F3NO3S.C2H6/c1-2-9-7-12(18)15(26-8-24)13(14(9)19)16(25)23-10-3-5-11(6-4-10)27-17(20,21)22;1-2/h3-8H,2H2,1H3,(H,23,25);1-2H3. The van der Waals surface area contributed by atoms with Crippen molar-refractivity contribution in [3.05, 3.63) is 51.5 Å². The number of rotatable bonds is 6. The Morgan fingerprint density at radius 3 is 2.28 bits per heavy atom. The van der Waals surface area contributed by atoms with Gasteiger partial charge in [-0.15, -0.1) is 0 Å². The molecule has 0 aliphatic rings. The van der Waals surface area contributed by atoms with Gasteiger partial charge in [-0.3, -0.25) is 9.59 Å². The minimum atomic E-state index is -4.41. The first-order valence-corrected chi connectivity index (χ1v) is 10.0. The van der Waals surface area contributed by atoms with Crippen molar-refractivity contribution in [1.29, 1.82) is 0 Å². The maximum atomic E-state index is 12.6. The van der Waals surface area contributed by atoms with E-state index in [-0.39, 0.29) is 50.2 Å². The van der Waals surface area contributed by atoms with Gasteiger partial charge in [0.25, 0.3) is 12.4 Å². The Kier molecular flexibility index (Phi) is 9.82. The van der Waals surface area contributed by atoms with Gasteiger partial charge in [-0.2, -0.15) is 13.2 Å². The Morgan fingerprint density at radius 1 is 1.21 bits per heavy atom. The van der Waals surface area contributed by atoms with Gasteiger partial charge in [0, 0.05) is 10.6 Å². The van der Waals surface area contributed by atoms with E-state index in [1.165, 1.54) is 30.3 Å². The van der Waals surface area contributed by atoms with Crippen LogP contribution in [0.4, 0.5) is 18.9 Å². The number of hydrogen-bond acceptors (Lipinski definition) is 4. The highest BCUT2D eigenvalue weighted by atomic mass is 35.5. The van der Waals surface area contributed by atoms with Gasteiger partial charge < -0.3 is 10.1 Å². The fourth-order valence-electron chi connectivity index (χ4n) is 2.22. The van der Waals surface area contributed by atoms with Crippen LogP contribution in [0.25, 0.3) is 0 Å². The number of nitrogens with one attached hydrogen (secondary N) is 1. The Morgan fingerprint density at radius 2 is 1.79 bits per heavy atom. The highest BCUT2D eigenvalue weighted by Crippen LogP contribution is 2.39. The minimum Gasteiger partial charge on any atom is -0.426 e. The number of aryl methyl sites for hydroxylation is 1. The number of carbonyl (C=O) groups is 2. The SMILES string of the molecule is CC.CCc1cc(Cl)c(OC=O)c(C(=O)Nc2ccc(SC(F)(F)F)cc2)c1Cl. The van der Waals surface area contributed by atoms with Crippen molar-refractivity contribution >= 4 is 53.0 Å². The topological polar surface area (TPSA) is 55.4 Å². The average molecular weight is 468 g/mol. The average Bonchev–Trinajstić information content (AvgIpc) is 2.66. The molecule has 2 rings (SSSR count). The van der Waals surface area contributed by atoms with E-state index >= 15 is 0 Å². The maximum Gasteiger partial charge on any atom is 0.446 e. The van der Waals surface area contributed by atoms with Crippen LogP contribution in [0.3, 0.4) is 0 Å². The number of benzene rings is 2. The second-order valence-electron chi connectivity index (χ2n) is 5.13. The van der Waals surface area contributed by atoms with E-state index in [1.807, 2.05) is 13.8 Å². The van der Waals surface area contributed by atoms with Crippen LogP contribution >= 0.6 is 35.0 Å². The highest BCUT2D eigenvalue weighted by molar-refractivity contribution is 8.00. The summed E-state index contributed by atoms with van der Waals surface area (Å²) in [6, 6.07) is 6.54. The normalized spacial score (nSPS) is 10.6. The third-order valence-corrected chi connectivity index (χ3v) is 4.82. The minimum absolute atomic E-state index is 0.0282. The summed E-state index contributed by atoms with van der Waals surface area (Å²) < 4.78 is 41.9. The zero-order valence-corrected chi connectivity index (χ0v) is 18.0. The molecule has 4 nitrogen and oxygen atoms in total. The second kappa shape index (κ2) is 11.3. The molecule has 1 N–H and O–H groups in total. The lowest BCUT2D eigenvalue weighted by Crippen LogP contribution is -2.15. The van der Waals surface area contributed by atoms with Crippen molar-refractivity contribution in [2.24, 2.45) is 0 Å². The number of halogens is 5. The van der Waals surface area contributed by atoms with Crippen molar-refractivity contribution in [2.45, 2.75) is 37.6 Å². The Bertz CT molecular complexity index is 859. The molecular weight excluding hydrogens is 450 g/mol. The molecule has 0 radical (unpaired) electrons. The summed E-state index contributed by atoms with van der Waals surface area (Å²) >= 11 is 12.0. The van der Waals surface area contributed by atoms with Gasteiger partial charge in [-0.1, -0.05) is 44.0 Å². The summed E-state index contributed by atoms with van der Waals surface area (Å²) in [7, 11) is 0. The molecule has 0 fully saturated rings. The van der Waals surface area contributed by atoms with Crippen LogP contribution in [0.15, 0.2) is 35.2 Å². The van der Waals surface area contributed by atoms with Crippen LogP contribution in [0, 0.1) is 0 Å². The predicted octanol–water partition coefficient (Wildman–Crippen LogP) is 6.98. The lowest BCUT2D eigenvalue weighted by Gasteiger charge is -2.15. The third kappa shape index (κ3) is 7.13. The van der Waals surface area contributed by atoms with E-state index in [0.717, 1.165) is 0 Å². The van der Waals surface area contributed by atoms with Crippen molar-refractivity contribution in [1.82, 2.24) is 0 Å². The molecule has 2 aromatic rings. The quantitative estimate of drug-likeness (QED) is 0.367. The molecule has 158 valence electrons. The fraction of sp³-hybridized carbons (Fsp3) is 0.263. The smallest absolute Gasteiger partial charge is 0.426 e. The molecule has 0 heterocycles. The molecule has 0 spiro atoms. The number of carbonyl (C=O) groups excluding carboxylic acids is 2. The predicted molar refractivity (Wildman–Crippen MR) is 110 cm³/mol. The van der Waals surface area contributed by atoms with Gasteiger partial charge in [0.05, 0.1) is 10.0 Å². The number of ether oxygens (including phenoxy) is 1. The molecule has 1 amide bonds. The Balaban J connectivity index is 0.00000204. The first kappa shape index (κ1) is 25.1. The van der Waals surface area contributed by atoms with Crippen molar-refractivity contribution in [3.8, 4) is 5.75 Å². The van der Waals surface area contributed by atoms with Gasteiger partial charge in [0.15, 0.2) is 5.75 Å². The van der Waals surface area contributed by atoms with E-state index in [2.05, 4.69) is 5.32 Å². The van der Waals surface area contributed by atoms with Crippen LogP contribution in [0.5, 0.6) is 5.75 Å². The molecule has 0 saturated heterocycles. The molecule has 10 heteroatoms. The largest absolute Gasteiger partial charge is 0.446 e. The molecule has 0 aromatic heterocycles. The summed E-state index contributed by atoms with van der Waals surface area (Å²) in [4.78, 5) is 23.3. The zero-order chi connectivity index (χ0) is 22.2. The number of hydrogen-bond donors (Lipinski definition) is 1. The molecule has 0 unspecified atom stereocenters. The van der Waals surface area contributed by atoms with Crippen molar-refractivity contribution in [2.75, 3.05) is 5.32 Å². The first-order chi connectivity index (χ1) is 13.7. The molecule has 2 aromatic carbocycles. The Labute approximate surface area is 180 Å². The molecule has 0 saturated carbocycles. The van der Waals surface area contributed by atoms with E-state index in [0.29, 0.717) is 12.0 Å². The van der Waals surface area contributed by atoms with E-state index in [1.54, 1.807) is 6.92 Å². The summed E-state index contributed by atoms with van der Waals surface area (Å²) in [6.07, 6.45) is 0.476. The van der Waals surface area contributed by atoms with Gasteiger partial charge in [0.2, 0.25) is 0 Å². The lowest BCUT2D eigenvalue weighted by atomic mass is 10.1. The number of thioether (sulfide) groups is 1. The number of amides is 1. The lowest BCUT2D eigenvalue weighted by molar-refractivity contribution is -0.120. The number of anilines is 1. The van der Waals surface area contributed by atoms with Crippen LogP contribution in [-0.4, -0.2) is 17.9 Å². The van der Waals surface area contributed by atoms with Gasteiger partial charge in [-0.05, 0) is 54.1 Å². The van der Waals surface area contributed by atoms with Gasteiger partial charge >= 0.3 is 5.51 Å². The summed E-state index contributed by atoms with van der Waals surface area (Å²) in [5.74, 6) is -0.916. The van der Waals surface area contributed by atoms with E-state index < -0.39 is 11.4 Å². The molecular formula is C19H18Cl2F3NO3S. The van der Waals surface area contributed by atoms with Crippen LogP contribution in [0.1, 0.15) is 36.7 Å². The monoisotopic (exact) mass is 467 g/mol. The van der Waals surface area contributed by atoms with Crippen molar-refractivity contribution in [3.63, 3.8) is 0 Å². The molecule has 0 bridgehead atoms. The van der Waals surface area contributed by atoms with Gasteiger partial charge in [-0.25, -0.2) is 0 Å². The van der Waals surface area contributed by atoms with Crippen LogP contribution in [-0.2, 0) is 11.2 Å². The molecule has 29 heavy (non-hydrogen) atoms. The molecule has 0 atom stereocenters. The highest BCUT2D eigenvalue weighted by Gasteiger charge is 2.29. The maximum absolute atomic E-state index is 12.6. The second-order valence-corrected chi connectivity index (χ2v) is 7.05. The van der Waals surface area contributed by atoms with Crippen LogP contribution < -0.4 is 10.1 Å². The van der Waals surface area contributed by atoms with Gasteiger partial charge in [0.1, 0.15) is 5.56 Å². The summed E-state index contributed by atoms with van der Waals surface area (Å²) in [6.45, 7) is 5.92. The Hall–Kier alpha value is -1.90. The number of alkyl halides is 3. The van der Waals surface area contributed by atoms with Crippen LogP contribution in [0.2, 0.25) is 10.0 Å². The zero-order valence-electron chi connectivity index (χ0n) is 15.7. The van der Waals surface area contributed by atoms with Crippen molar-refractivity contribution < 1.29 is 27.5 Å².